The number of benzene rings is 1. The summed E-state index contributed by atoms with van der Waals surface area (Å²) in [5.74, 6) is 2.00. The zero-order valence-electron chi connectivity index (χ0n) is 15.4. The van der Waals surface area contributed by atoms with Gasteiger partial charge in [-0.2, -0.15) is 5.26 Å². The molecule has 1 saturated heterocycles. The molecular weight excluding hydrogens is 326 g/mol. The topological polar surface area (TPSA) is 65.3 Å². The van der Waals surface area contributed by atoms with Crippen LogP contribution in [0.2, 0.25) is 0 Å². The zero-order chi connectivity index (χ0) is 18.4. The van der Waals surface area contributed by atoms with Crippen molar-refractivity contribution in [2.24, 2.45) is 5.92 Å². The van der Waals surface area contributed by atoms with E-state index in [1.807, 2.05) is 25.2 Å². The van der Waals surface area contributed by atoms with Crippen molar-refractivity contribution in [1.82, 2.24) is 14.9 Å². The Morgan fingerprint density at radius 3 is 2.77 bits per heavy atom. The molecule has 136 valence electrons. The molecule has 0 aliphatic carbocycles. The van der Waals surface area contributed by atoms with Gasteiger partial charge in [-0.25, -0.2) is 9.97 Å². The number of anilines is 1. The summed E-state index contributed by atoms with van der Waals surface area (Å²) < 4.78 is 5.31. The lowest BCUT2D eigenvalue weighted by atomic mass is 9.96. The molecule has 0 unspecified atom stereocenters. The molecule has 0 N–H and O–H groups in total. The van der Waals surface area contributed by atoms with Crippen LogP contribution in [0.15, 0.2) is 36.7 Å². The number of nitriles is 1. The van der Waals surface area contributed by atoms with Gasteiger partial charge in [-0.05, 0) is 49.5 Å². The molecule has 1 aliphatic rings. The Balaban J connectivity index is 1.51. The first-order valence-electron chi connectivity index (χ1n) is 8.97. The van der Waals surface area contributed by atoms with Crippen LogP contribution in [0.3, 0.4) is 0 Å². The maximum absolute atomic E-state index is 9.03. The molecule has 0 bridgehead atoms. The molecule has 0 radical (unpaired) electrons. The fourth-order valence-corrected chi connectivity index (χ4v) is 3.52. The summed E-state index contributed by atoms with van der Waals surface area (Å²) in [4.78, 5) is 13.2. The fraction of sp³-hybridized carbons (Fsp3) is 0.450. The van der Waals surface area contributed by atoms with Gasteiger partial charge in [-0.3, -0.25) is 4.90 Å². The minimum absolute atomic E-state index is 0.574. The third kappa shape index (κ3) is 4.50. The molecule has 6 nitrogen and oxygen atoms in total. The van der Waals surface area contributed by atoms with Crippen molar-refractivity contribution in [3.63, 3.8) is 0 Å². The van der Waals surface area contributed by atoms with Crippen molar-refractivity contribution in [3.05, 3.63) is 47.8 Å². The van der Waals surface area contributed by atoms with E-state index in [9.17, 15) is 0 Å². The van der Waals surface area contributed by atoms with Gasteiger partial charge in [0.1, 0.15) is 0 Å². The van der Waals surface area contributed by atoms with Gasteiger partial charge in [0.15, 0.2) is 5.82 Å². The van der Waals surface area contributed by atoms with Crippen molar-refractivity contribution < 1.29 is 4.74 Å². The average Bonchev–Trinajstić information content (AvgIpc) is 2.69. The summed E-state index contributed by atoms with van der Waals surface area (Å²) in [7, 11) is 3.67. The van der Waals surface area contributed by atoms with Gasteiger partial charge in [-0.1, -0.05) is 12.1 Å². The molecule has 0 spiro atoms. The molecule has 2 heterocycles. The Labute approximate surface area is 155 Å². The predicted octanol–water partition coefficient (Wildman–Crippen LogP) is 2.71. The summed E-state index contributed by atoms with van der Waals surface area (Å²) in [6, 6.07) is 10.1. The van der Waals surface area contributed by atoms with Crippen molar-refractivity contribution in [3.8, 4) is 11.9 Å². The lowest BCUT2D eigenvalue weighted by Crippen LogP contribution is -2.37. The SMILES string of the molecule is COc1nccnc1N(C)CC1CCN(Cc2cccc(C#N)c2)CC1. The second-order valence-corrected chi connectivity index (χ2v) is 6.80. The van der Waals surface area contributed by atoms with Crippen LogP contribution in [0.25, 0.3) is 0 Å². The van der Waals surface area contributed by atoms with Crippen LogP contribution in [-0.2, 0) is 6.54 Å². The largest absolute Gasteiger partial charge is 0.478 e. The van der Waals surface area contributed by atoms with Crippen LogP contribution < -0.4 is 9.64 Å². The summed E-state index contributed by atoms with van der Waals surface area (Å²) in [6.45, 7) is 4.02. The number of likely N-dealkylation sites (tertiary alicyclic amines) is 1. The molecule has 2 aromatic rings. The highest BCUT2D eigenvalue weighted by molar-refractivity contribution is 5.46. The van der Waals surface area contributed by atoms with Gasteiger partial charge >= 0.3 is 0 Å². The molecule has 1 aromatic heterocycles. The summed E-state index contributed by atoms with van der Waals surface area (Å²) in [5, 5.41) is 9.03. The zero-order valence-corrected chi connectivity index (χ0v) is 15.4. The number of hydrogen-bond donors (Lipinski definition) is 0. The van der Waals surface area contributed by atoms with E-state index in [1.165, 1.54) is 5.56 Å². The van der Waals surface area contributed by atoms with Crippen LogP contribution in [0, 0.1) is 17.2 Å². The Bertz CT molecular complexity index is 765. The van der Waals surface area contributed by atoms with Gasteiger partial charge in [0.05, 0.1) is 18.7 Å². The smallest absolute Gasteiger partial charge is 0.257 e. The lowest BCUT2D eigenvalue weighted by Gasteiger charge is -2.34. The first-order valence-corrected chi connectivity index (χ1v) is 8.97. The highest BCUT2D eigenvalue weighted by Crippen LogP contribution is 2.25. The molecule has 26 heavy (non-hydrogen) atoms. The van der Waals surface area contributed by atoms with Gasteiger partial charge in [0, 0.05) is 32.5 Å². The minimum Gasteiger partial charge on any atom is -0.478 e. The highest BCUT2D eigenvalue weighted by Gasteiger charge is 2.22. The summed E-state index contributed by atoms with van der Waals surface area (Å²) in [5.41, 5.74) is 1.95. The van der Waals surface area contributed by atoms with E-state index in [0.29, 0.717) is 11.8 Å². The Kier molecular flexibility index (Phi) is 6.03. The standard InChI is InChI=1S/C20H25N5O/c1-24(19-20(26-2)23-9-8-22-19)14-16-6-10-25(11-7-16)15-18-5-3-4-17(12-18)13-21/h3-5,8-9,12,16H,6-7,10-11,14-15H2,1-2H3. The van der Waals surface area contributed by atoms with E-state index in [1.54, 1.807) is 19.5 Å². The molecule has 0 saturated carbocycles. The number of hydrogen-bond acceptors (Lipinski definition) is 6. The molecule has 3 rings (SSSR count). The molecular formula is C20H25N5O. The van der Waals surface area contributed by atoms with Crippen molar-refractivity contribution >= 4 is 5.82 Å². The number of methoxy groups -OCH3 is 1. The molecule has 1 aromatic carbocycles. The van der Waals surface area contributed by atoms with Crippen molar-refractivity contribution in [2.75, 3.05) is 38.7 Å². The predicted molar refractivity (Wildman–Crippen MR) is 101 cm³/mol. The van der Waals surface area contributed by atoms with E-state index in [4.69, 9.17) is 10.00 Å². The van der Waals surface area contributed by atoms with Crippen molar-refractivity contribution in [2.45, 2.75) is 19.4 Å². The molecule has 0 atom stereocenters. The Morgan fingerprint density at radius 1 is 1.27 bits per heavy atom. The monoisotopic (exact) mass is 351 g/mol. The van der Waals surface area contributed by atoms with Gasteiger partial charge < -0.3 is 9.64 Å². The van der Waals surface area contributed by atoms with Crippen LogP contribution in [0.4, 0.5) is 5.82 Å². The first-order chi connectivity index (χ1) is 12.7. The van der Waals surface area contributed by atoms with E-state index >= 15 is 0 Å². The number of ether oxygens (including phenoxy) is 1. The maximum Gasteiger partial charge on any atom is 0.257 e. The van der Waals surface area contributed by atoms with Crippen LogP contribution >= 0.6 is 0 Å². The van der Waals surface area contributed by atoms with Crippen molar-refractivity contribution in [1.29, 1.82) is 5.26 Å². The van der Waals surface area contributed by atoms with Gasteiger partial charge in [-0.15, -0.1) is 0 Å². The molecule has 0 amide bonds. The second-order valence-electron chi connectivity index (χ2n) is 6.80. The molecule has 6 heteroatoms. The van der Waals surface area contributed by atoms with E-state index in [0.717, 1.165) is 50.4 Å². The Morgan fingerprint density at radius 2 is 2.04 bits per heavy atom. The Hall–Kier alpha value is -2.65. The second kappa shape index (κ2) is 8.63. The van der Waals surface area contributed by atoms with E-state index in [2.05, 4.69) is 31.9 Å². The molecule has 1 fully saturated rings. The number of rotatable bonds is 6. The third-order valence-corrected chi connectivity index (χ3v) is 4.90. The molecule has 1 aliphatic heterocycles. The summed E-state index contributed by atoms with van der Waals surface area (Å²) in [6.07, 6.45) is 5.66. The normalized spacial score (nSPS) is 15.4. The van der Waals surface area contributed by atoms with E-state index in [-0.39, 0.29) is 0 Å². The van der Waals surface area contributed by atoms with E-state index < -0.39 is 0 Å². The van der Waals surface area contributed by atoms with Gasteiger partial charge in [0.25, 0.3) is 5.88 Å². The number of aromatic nitrogens is 2. The summed E-state index contributed by atoms with van der Waals surface area (Å²) >= 11 is 0. The lowest BCUT2D eigenvalue weighted by molar-refractivity contribution is 0.179. The van der Waals surface area contributed by atoms with Crippen LogP contribution in [0.1, 0.15) is 24.0 Å². The number of piperidine rings is 1. The average molecular weight is 351 g/mol. The third-order valence-electron chi connectivity index (χ3n) is 4.90. The number of nitrogens with zero attached hydrogens (tertiary/aromatic N) is 5. The first kappa shape index (κ1) is 18.2. The quantitative estimate of drug-likeness (QED) is 0.797. The fourth-order valence-electron chi connectivity index (χ4n) is 3.52. The van der Waals surface area contributed by atoms with Crippen LogP contribution in [-0.4, -0.2) is 48.7 Å². The van der Waals surface area contributed by atoms with Crippen LogP contribution in [0.5, 0.6) is 5.88 Å². The minimum atomic E-state index is 0.574. The highest BCUT2D eigenvalue weighted by atomic mass is 16.5. The van der Waals surface area contributed by atoms with Gasteiger partial charge in [0.2, 0.25) is 0 Å². The maximum atomic E-state index is 9.03.